The van der Waals surface area contributed by atoms with E-state index in [0.29, 0.717) is 17.4 Å². The van der Waals surface area contributed by atoms with E-state index in [-0.39, 0.29) is 0 Å². The molecule has 0 bridgehead atoms. The highest BCUT2D eigenvalue weighted by molar-refractivity contribution is 7.73. The third-order valence-electron chi connectivity index (χ3n) is 4.27. The van der Waals surface area contributed by atoms with Crippen molar-refractivity contribution in [2.75, 3.05) is 0 Å². The number of nitrogens with zero attached hydrogens (tertiary/aromatic N) is 2. The first-order valence-corrected chi connectivity index (χ1v) is 8.70. The summed E-state index contributed by atoms with van der Waals surface area (Å²) in [7, 11) is -2.12. The Kier molecular flexibility index (Phi) is 1.99. The molecule has 1 heterocycles. The standard InChI is InChI=1S/C13H19N2OP/c1-9-8-13(15(14-9)10-2-3-10)17(16,11-4-5-11)12-6-7-12/h8,10-12H,2-7H2,1H3. The van der Waals surface area contributed by atoms with E-state index in [2.05, 4.69) is 15.8 Å². The molecule has 0 unspecified atom stereocenters. The van der Waals surface area contributed by atoms with Crippen molar-refractivity contribution >= 4 is 12.6 Å². The van der Waals surface area contributed by atoms with Gasteiger partial charge in [0.15, 0.2) is 0 Å². The molecule has 17 heavy (non-hydrogen) atoms. The van der Waals surface area contributed by atoms with Crippen LogP contribution in [0.2, 0.25) is 0 Å². The number of rotatable bonds is 4. The zero-order valence-electron chi connectivity index (χ0n) is 10.3. The first-order valence-electron chi connectivity index (χ1n) is 6.85. The first-order chi connectivity index (χ1) is 8.19. The van der Waals surface area contributed by atoms with Crippen LogP contribution in [0.15, 0.2) is 6.07 Å². The molecule has 3 aliphatic carbocycles. The van der Waals surface area contributed by atoms with Crippen LogP contribution in [0, 0.1) is 6.92 Å². The lowest BCUT2D eigenvalue weighted by atomic mass is 10.5. The van der Waals surface area contributed by atoms with E-state index in [0.717, 1.165) is 11.1 Å². The first kappa shape index (κ1) is 10.4. The van der Waals surface area contributed by atoms with Gasteiger partial charge in [-0.2, -0.15) is 5.10 Å². The number of hydrogen-bond acceptors (Lipinski definition) is 2. The van der Waals surface area contributed by atoms with E-state index >= 15 is 0 Å². The van der Waals surface area contributed by atoms with Crippen LogP contribution >= 0.6 is 7.14 Å². The van der Waals surface area contributed by atoms with Crippen molar-refractivity contribution in [3.05, 3.63) is 11.8 Å². The van der Waals surface area contributed by atoms with Crippen LogP contribution in [0.4, 0.5) is 0 Å². The Bertz CT molecular complexity index is 493. The highest BCUT2D eigenvalue weighted by Crippen LogP contribution is 2.69. The van der Waals surface area contributed by atoms with Crippen molar-refractivity contribution < 1.29 is 4.57 Å². The van der Waals surface area contributed by atoms with Crippen LogP contribution in [0.5, 0.6) is 0 Å². The molecule has 0 saturated heterocycles. The normalized spacial score (nSPS) is 25.2. The van der Waals surface area contributed by atoms with Crippen LogP contribution < -0.4 is 5.44 Å². The Labute approximate surface area is 102 Å². The molecular weight excluding hydrogens is 231 g/mol. The predicted octanol–water partition coefficient (Wildman–Crippen LogP) is 2.84. The maximum atomic E-state index is 13.4. The van der Waals surface area contributed by atoms with Gasteiger partial charge in [0.1, 0.15) is 7.14 Å². The summed E-state index contributed by atoms with van der Waals surface area (Å²) in [6, 6.07) is 2.68. The van der Waals surface area contributed by atoms with E-state index in [1.807, 2.05) is 6.92 Å². The van der Waals surface area contributed by atoms with Gasteiger partial charge in [0.2, 0.25) is 0 Å². The van der Waals surface area contributed by atoms with Crippen LogP contribution in [0.25, 0.3) is 0 Å². The van der Waals surface area contributed by atoms with Crippen molar-refractivity contribution in [1.82, 2.24) is 9.78 Å². The molecule has 3 saturated carbocycles. The molecule has 92 valence electrons. The lowest BCUT2D eigenvalue weighted by molar-refractivity contribution is 0.573. The van der Waals surface area contributed by atoms with Crippen molar-refractivity contribution in [2.45, 2.75) is 62.8 Å². The summed E-state index contributed by atoms with van der Waals surface area (Å²) in [5.74, 6) is 0. The molecule has 0 radical (unpaired) electrons. The number of aryl methyl sites for hydroxylation is 1. The minimum atomic E-state index is -2.12. The molecule has 3 aliphatic rings. The molecule has 3 fully saturated rings. The Morgan fingerprint density at radius 2 is 1.76 bits per heavy atom. The van der Waals surface area contributed by atoms with Crippen LogP contribution in [-0.4, -0.2) is 21.1 Å². The van der Waals surface area contributed by atoms with Crippen molar-refractivity contribution in [1.29, 1.82) is 0 Å². The molecular formula is C13H19N2OP. The summed E-state index contributed by atoms with van der Waals surface area (Å²) in [5, 5.41) is 4.60. The zero-order valence-corrected chi connectivity index (χ0v) is 11.2. The highest BCUT2D eigenvalue weighted by Gasteiger charge is 2.54. The molecule has 0 spiro atoms. The van der Waals surface area contributed by atoms with Crippen molar-refractivity contribution in [3.63, 3.8) is 0 Å². The minimum Gasteiger partial charge on any atom is -0.316 e. The fraction of sp³-hybridized carbons (Fsp3) is 0.769. The second kappa shape index (κ2) is 3.26. The largest absolute Gasteiger partial charge is 0.316 e. The molecule has 0 aromatic carbocycles. The third kappa shape index (κ3) is 1.55. The second-order valence-electron chi connectivity index (χ2n) is 5.99. The summed E-state index contributed by atoms with van der Waals surface area (Å²) in [6.07, 6.45) is 7.18. The van der Waals surface area contributed by atoms with Crippen LogP contribution in [-0.2, 0) is 4.57 Å². The molecule has 4 rings (SSSR count). The quantitative estimate of drug-likeness (QED) is 0.770. The topological polar surface area (TPSA) is 34.9 Å². The van der Waals surface area contributed by atoms with Crippen molar-refractivity contribution in [2.24, 2.45) is 0 Å². The zero-order chi connectivity index (χ0) is 11.6. The Balaban J connectivity index is 1.83. The van der Waals surface area contributed by atoms with Gasteiger partial charge in [-0.25, -0.2) is 0 Å². The number of hydrogen-bond donors (Lipinski definition) is 0. The Morgan fingerprint density at radius 1 is 1.18 bits per heavy atom. The van der Waals surface area contributed by atoms with Crippen LogP contribution in [0.3, 0.4) is 0 Å². The van der Waals surface area contributed by atoms with Gasteiger partial charge in [-0.3, -0.25) is 4.68 Å². The van der Waals surface area contributed by atoms with Gasteiger partial charge in [-0.05, 0) is 51.5 Å². The Morgan fingerprint density at radius 3 is 2.24 bits per heavy atom. The van der Waals surface area contributed by atoms with Gasteiger partial charge in [0.05, 0.1) is 17.2 Å². The summed E-state index contributed by atoms with van der Waals surface area (Å²) in [4.78, 5) is 0. The molecule has 0 atom stereocenters. The monoisotopic (exact) mass is 250 g/mol. The summed E-state index contributed by atoms with van der Waals surface area (Å²) in [5.41, 5.74) is 3.18. The fourth-order valence-electron chi connectivity index (χ4n) is 2.94. The summed E-state index contributed by atoms with van der Waals surface area (Å²) >= 11 is 0. The van der Waals surface area contributed by atoms with Crippen molar-refractivity contribution in [3.8, 4) is 0 Å². The molecule has 3 nitrogen and oxygen atoms in total. The van der Waals surface area contributed by atoms with Gasteiger partial charge in [0.25, 0.3) is 0 Å². The van der Waals surface area contributed by atoms with Gasteiger partial charge < -0.3 is 4.57 Å². The van der Waals surface area contributed by atoms with E-state index in [1.165, 1.54) is 38.5 Å². The molecule has 4 heteroatoms. The molecule has 1 aromatic heterocycles. The Hall–Kier alpha value is -0.560. The summed E-state index contributed by atoms with van der Waals surface area (Å²) in [6.45, 7) is 2.03. The van der Waals surface area contributed by atoms with E-state index < -0.39 is 7.14 Å². The van der Waals surface area contributed by atoms with Gasteiger partial charge in [0, 0.05) is 11.3 Å². The predicted molar refractivity (Wildman–Crippen MR) is 68.5 cm³/mol. The smallest absolute Gasteiger partial charge is 0.138 e. The average Bonchev–Trinajstić information content (AvgIpc) is 3.14. The highest BCUT2D eigenvalue weighted by atomic mass is 31.2. The van der Waals surface area contributed by atoms with Gasteiger partial charge in [-0.15, -0.1) is 0 Å². The minimum absolute atomic E-state index is 0.503. The lowest BCUT2D eigenvalue weighted by Crippen LogP contribution is -2.22. The van der Waals surface area contributed by atoms with E-state index in [4.69, 9.17) is 0 Å². The third-order valence-corrected chi connectivity index (χ3v) is 8.52. The van der Waals surface area contributed by atoms with Gasteiger partial charge >= 0.3 is 0 Å². The molecule has 0 amide bonds. The van der Waals surface area contributed by atoms with Gasteiger partial charge in [-0.1, -0.05) is 0 Å². The SMILES string of the molecule is Cc1cc(P(=O)(C2CC2)C2CC2)n(C2CC2)n1. The molecule has 0 aliphatic heterocycles. The van der Waals surface area contributed by atoms with Crippen LogP contribution in [0.1, 0.15) is 50.3 Å². The number of aromatic nitrogens is 2. The van der Waals surface area contributed by atoms with E-state index in [1.54, 1.807) is 0 Å². The molecule has 0 N–H and O–H groups in total. The maximum Gasteiger partial charge on any atom is 0.138 e. The van der Waals surface area contributed by atoms with E-state index in [9.17, 15) is 4.57 Å². The second-order valence-corrected chi connectivity index (χ2v) is 9.33. The lowest BCUT2D eigenvalue weighted by Gasteiger charge is -2.18. The summed E-state index contributed by atoms with van der Waals surface area (Å²) < 4.78 is 15.6. The maximum absolute atomic E-state index is 13.4. The molecule has 1 aromatic rings. The fourth-order valence-corrected chi connectivity index (χ4v) is 7.03. The average molecular weight is 250 g/mol.